The van der Waals surface area contributed by atoms with Gasteiger partial charge in [0.05, 0.1) is 18.3 Å². The van der Waals surface area contributed by atoms with E-state index in [1.165, 1.54) is 0 Å². The lowest BCUT2D eigenvalue weighted by atomic mass is 9.96. The summed E-state index contributed by atoms with van der Waals surface area (Å²) >= 11 is 0. The molecule has 2 aliphatic rings. The molecule has 3 N–H and O–H groups in total. The first-order valence-corrected chi connectivity index (χ1v) is 12.7. The molecular formula is C28H44N2O4. The van der Waals surface area contributed by atoms with Crippen LogP contribution in [-0.4, -0.2) is 55.2 Å². The molecule has 7 unspecified atom stereocenters. The van der Waals surface area contributed by atoms with Gasteiger partial charge < -0.3 is 25.2 Å². The zero-order valence-electron chi connectivity index (χ0n) is 21.2. The lowest BCUT2D eigenvalue weighted by molar-refractivity contribution is -0.246. The number of amides is 1. The van der Waals surface area contributed by atoms with Gasteiger partial charge >= 0.3 is 0 Å². The van der Waals surface area contributed by atoms with Crippen molar-refractivity contribution in [2.45, 2.75) is 83.5 Å². The molecule has 2 rings (SSSR count). The molecule has 34 heavy (non-hydrogen) atoms. The molecule has 190 valence electrons. The topological polar surface area (TPSA) is 79.8 Å². The first-order chi connectivity index (χ1) is 16.4. The Morgan fingerprint density at radius 2 is 1.79 bits per heavy atom. The number of likely N-dealkylation sites (N-methyl/N-ethyl adjacent to an activating group) is 1. The van der Waals surface area contributed by atoms with Gasteiger partial charge in [0.25, 0.3) is 0 Å². The van der Waals surface area contributed by atoms with Gasteiger partial charge in [0.2, 0.25) is 5.91 Å². The molecule has 0 aromatic rings. The van der Waals surface area contributed by atoms with E-state index in [1.807, 2.05) is 32.2 Å². The predicted octanol–water partition coefficient (Wildman–Crippen LogP) is 4.20. The molecule has 1 saturated heterocycles. The quantitative estimate of drug-likeness (QED) is 0.537. The second kappa shape index (κ2) is 15.8. The Labute approximate surface area is 205 Å². The van der Waals surface area contributed by atoms with Crippen LogP contribution < -0.4 is 10.6 Å². The van der Waals surface area contributed by atoms with Crippen molar-refractivity contribution in [1.29, 1.82) is 0 Å². The molecule has 0 aromatic heterocycles. The van der Waals surface area contributed by atoms with Crippen LogP contribution in [0.4, 0.5) is 0 Å². The van der Waals surface area contributed by atoms with E-state index in [2.05, 4.69) is 54.9 Å². The van der Waals surface area contributed by atoms with Crippen molar-refractivity contribution < 1.29 is 19.4 Å². The standard InChI is InChI=1S/C28H44N2O4/c1-21-15-11-7-5-8-12-16-22(2)25(17-13-9-6-10-14-18-26(31)30-20-21)34-27-19-24(29-4)28(32)23(3)33-27/h6,8-15,18,21-25,27-29,32H,5,7,16-17,19-20H2,1-4H3,(H,30,31)/b10-6+,12-8+,13-9-,15-11+,18-14-. The van der Waals surface area contributed by atoms with Crippen molar-refractivity contribution in [3.8, 4) is 0 Å². The fourth-order valence-corrected chi connectivity index (χ4v) is 4.10. The zero-order chi connectivity index (χ0) is 24.8. The molecule has 6 heteroatoms. The Hall–Kier alpha value is -1.99. The summed E-state index contributed by atoms with van der Waals surface area (Å²) in [5.41, 5.74) is 0. The van der Waals surface area contributed by atoms with Crippen LogP contribution in [0.3, 0.4) is 0 Å². The number of hydrogen-bond donors (Lipinski definition) is 3. The van der Waals surface area contributed by atoms with E-state index in [-0.39, 0.29) is 30.4 Å². The van der Waals surface area contributed by atoms with Crippen LogP contribution in [0.25, 0.3) is 0 Å². The number of carbonyl (C=O) groups is 1. The average Bonchev–Trinajstić information content (AvgIpc) is 2.82. The SMILES string of the molecule is CNC1CC(OC2C\C=C/C=C/C=C\C(=O)NCC(C)/C=C/CC/C=C/CC2C)OC(C)C1O. The molecular weight excluding hydrogens is 428 g/mol. The minimum Gasteiger partial charge on any atom is -0.389 e. The molecule has 2 heterocycles. The van der Waals surface area contributed by atoms with E-state index < -0.39 is 6.10 Å². The Bertz CT molecular complexity index is 743. The Morgan fingerprint density at radius 1 is 1.03 bits per heavy atom. The van der Waals surface area contributed by atoms with Crippen molar-refractivity contribution in [2.75, 3.05) is 13.6 Å². The first-order valence-electron chi connectivity index (χ1n) is 12.7. The van der Waals surface area contributed by atoms with Crippen molar-refractivity contribution in [2.24, 2.45) is 11.8 Å². The molecule has 2 aliphatic heterocycles. The molecule has 1 fully saturated rings. The van der Waals surface area contributed by atoms with Crippen LogP contribution in [0.2, 0.25) is 0 Å². The predicted molar refractivity (Wildman–Crippen MR) is 138 cm³/mol. The third-order valence-electron chi connectivity index (χ3n) is 6.36. The molecule has 0 aliphatic carbocycles. The molecule has 7 atom stereocenters. The summed E-state index contributed by atoms with van der Waals surface area (Å²) in [5, 5.41) is 16.4. The van der Waals surface area contributed by atoms with Crippen LogP contribution >= 0.6 is 0 Å². The molecule has 1 amide bonds. The summed E-state index contributed by atoms with van der Waals surface area (Å²) < 4.78 is 12.4. The van der Waals surface area contributed by atoms with Crippen LogP contribution in [0.15, 0.2) is 60.8 Å². The number of carbonyl (C=O) groups excluding carboxylic acids is 1. The fraction of sp³-hybridized carbons (Fsp3) is 0.607. The van der Waals surface area contributed by atoms with Gasteiger partial charge in [-0.2, -0.15) is 0 Å². The normalized spacial score (nSPS) is 39.3. The highest BCUT2D eigenvalue weighted by atomic mass is 16.7. The summed E-state index contributed by atoms with van der Waals surface area (Å²) in [5.74, 6) is 0.533. The van der Waals surface area contributed by atoms with Gasteiger partial charge in [0, 0.05) is 25.1 Å². The number of aliphatic hydroxyl groups excluding tert-OH is 1. The highest BCUT2D eigenvalue weighted by Gasteiger charge is 2.36. The highest BCUT2D eigenvalue weighted by molar-refractivity contribution is 5.87. The van der Waals surface area contributed by atoms with Gasteiger partial charge in [0.1, 0.15) is 0 Å². The largest absolute Gasteiger partial charge is 0.389 e. The van der Waals surface area contributed by atoms with Crippen LogP contribution in [0.5, 0.6) is 0 Å². The number of allylic oxidation sites excluding steroid dienone is 7. The van der Waals surface area contributed by atoms with Gasteiger partial charge in [-0.15, -0.1) is 0 Å². The minimum atomic E-state index is -0.541. The van der Waals surface area contributed by atoms with E-state index in [4.69, 9.17) is 9.47 Å². The van der Waals surface area contributed by atoms with Gasteiger partial charge in [-0.1, -0.05) is 68.5 Å². The van der Waals surface area contributed by atoms with Crippen molar-refractivity contribution in [3.63, 3.8) is 0 Å². The number of rotatable bonds is 3. The third-order valence-corrected chi connectivity index (χ3v) is 6.36. The van der Waals surface area contributed by atoms with Crippen LogP contribution in [0.1, 0.15) is 52.9 Å². The minimum absolute atomic E-state index is 0.00749. The van der Waals surface area contributed by atoms with Gasteiger partial charge in [-0.05, 0) is 51.5 Å². The van der Waals surface area contributed by atoms with Crippen molar-refractivity contribution >= 4 is 5.91 Å². The third kappa shape index (κ3) is 10.5. The maximum absolute atomic E-state index is 11.9. The number of aliphatic hydroxyl groups is 1. The summed E-state index contributed by atoms with van der Waals surface area (Å²) in [4.78, 5) is 11.9. The summed E-state index contributed by atoms with van der Waals surface area (Å²) in [6.45, 7) is 6.84. The Balaban J connectivity index is 2.06. The average molecular weight is 473 g/mol. The van der Waals surface area contributed by atoms with E-state index >= 15 is 0 Å². The monoisotopic (exact) mass is 472 g/mol. The second-order valence-corrected chi connectivity index (χ2v) is 9.39. The maximum atomic E-state index is 11.9. The Morgan fingerprint density at radius 3 is 2.59 bits per heavy atom. The molecule has 0 spiro atoms. The van der Waals surface area contributed by atoms with E-state index in [0.29, 0.717) is 24.8 Å². The van der Waals surface area contributed by atoms with Gasteiger partial charge in [0.15, 0.2) is 6.29 Å². The van der Waals surface area contributed by atoms with Crippen LogP contribution in [-0.2, 0) is 14.3 Å². The molecule has 0 radical (unpaired) electrons. The van der Waals surface area contributed by atoms with Crippen molar-refractivity contribution in [1.82, 2.24) is 10.6 Å². The fourth-order valence-electron chi connectivity index (χ4n) is 4.10. The lowest BCUT2D eigenvalue weighted by Gasteiger charge is -2.39. The number of ether oxygens (including phenoxy) is 2. The Kier molecular flexibility index (Phi) is 13.1. The molecule has 0 saturated carbocycles. The van der Waals surface area contributed by atoms with E-state index in [1.54, 1.807) is 12.2 Å². The summed E-state index contributed by atoms with van der Waals surface area (Å²) in [6.07, 6.45) is 23.1. The van der Waals surface area contributed by atoms with E-state index in [9.17, 15) is 9.90 Å². The summed E-state index contributed by atoms with van der Waals surface area (Å²) in [7, 11) is 1.86. The van der Waals surface area contributed by atoms with Crippen molar-refractivity contribution in [3.05, 3.63) is 60.8 Å². The first kappa shape index (κ1) is 28.2. The smallest absolute Gasteiger partial charge is 0.243 e. The number of hydrogen-bond acceptors (Lipinski definition) is 5. The van der Waals surface area contributed by atoms with Crippen LogP contribution in [0, 0.1) is 11.8 Å². The number of nitrogens with one attached hydrogen (secondary N) is 2. The lowest BCUT2D eigenvalue weighted by Crippen LogP contribution is -2.53. The highest BCUT2D eigenvalue weighted by Crippen LogP contribution is 2.26. The molecule has 6 nitrogen and oxygen atoms in total. The van der Waals surface area contributed by atoms with Gasteiger partial charge in [-0.3, -0.25) is 4.79 Å². The maximum Gasteiger partial charge on any atom is 0.243 e. The molecule has 0 aromatic carbocycles. The molecule has 0 bridgehead atoms. The van der Waals surface area contributed by atoms with E-state index in [0.717, 1.165) is 25.7 Å². The zero-order valence-corrected chi connectivity index (χ0v) is 21.2. The second-order valence-electron chi connectivity index (χ2n) is 9.39. The van der Waals surface area contributed by atoms with Gasteiger partial charge in [-0.25, -0.2) is 0 Å². The summed E-state index contributed by atoms with van der Waals surface area (Å²) in [6, 6.07) is -0.0466.